The van der Waals surface area contributed by atoms with Gasteiger partial charge in [0.25, 0.3) is 0 Å². The van der Waals surface area contributed by atoms with Crippen molar-refractivity contribution in [2.45, 2.75) is 26.9 Å². The van der Waals surface area contributed by atoms with Crippen LogP contribution < -0.4 is 15.8 Å². The van der Waals surface area contributed by atoms with E-state index >= 15 is 0 Å². The van der Waals surface area contributed by atoms with Crippen LogP contribution in [-0.2, 0) is 9.53 Å². The van der Waals surface area contributed by atoms with E-state index in [1.165, 1.54) is 6.33 Å². The van der Waals surface area contributed by atoms with Crippen LogP contribution in [0.15, 0.2) is 6.33 Å². The number of hydrogen-bond acceptors (Lipinski definition) is 7. The molecule has 0 atom stereocenters. The van der Waals surface area contributed by atoms with Crippen LogP contribution >= 0.6 is 0 Å². The molecule has 0 aliphatic rings. The molecule has 0 aromatic carbocycles. The van der Waals surface area contributed by atoms with Crippen molar-refractivity contribution in [3.05, 3.63) is 6.33 Å². The van der Waals surface area contributed by atoms with E-state index < -0.39 is 0 Å². The Bertz CT molecular complexity index is 409. The quantitative estimate of drug-likeness (QED) is 0.725. The number of carbonyl (C=O) groups excluding carboxylic acids is 1. The number of esters is 1. The van der Waals surface area contributed by atoms with E-state index in [2.05, 4.69) is 15.3 Å². The molecule has 0 fully saturated rings. The molecule has 18 heavy (non-hydrogen) atoms. The number of aromatic nitrogens is 2. The third-order valence-corrected chi connectivity index (χ3v) is 1.90. The summed E-state index contributed by atoms with van der Waals surface area (Å²) in [5.74, 6) is 0.280. The summed E-state index contributed by atoms with van der Waals surface area (Å²) in [5, 5.41) is 2.78. The summed E-state index contributed by atoms with van der Waals surface area (Å²) < 4.78 is 10.2. The maximum atomic E-state index is 11.2. The molecule has 0 spiro atoms. The maximum absolute atomic E-state index is 11.2. The number of anilines is 2. The lowest BCUT2D eigenvalue weighted by atomic mass is 10.4. The second-order valence-corrected chi connectivity index (χ2v) is 3.77. The standard InChI is InChI=1S/C11H18N4O3/c1-4-17-8(16)5-13-10-9(12)11(15-6-14-10)18-7(2)3/h6-7H,4-5,12H2,1-3H3,(H,13,14,15). The minimum Gasteiger partial charge on any atom is -0.473 e. The summed E-state index contributed by atoms with van der Waals surface area (Å²) in [5.41, 5.74) is 6.10. The molecule has 1 rings (SSSR count). The fourth-order valence-corrected chi connectivity index (χ4v) is 1.21. The van der Waals surface area contributed by atoms with Crippen molar-refractivity contribution < 1.29 is 14.3 Å². The molecule has 0 unspecified atom stereocenters. The first-order valence-corrected chi connectivity index (χ1v) is 5.71. The summed E-state index contributed by atoms with van der Waals surface area (Å²) in [6.07, 6.45) is 1.28. The van der Waals surface area contributed by atoms with Crippen molar-refractivity contribution in [3.8, 4) is 5.88 Å². The van der Waals surface area contributed by atoms with Crippen molar-refractivity contribution in [3.63, 3.8) is 0 Å². The molecular weight excluding hydrogens is 236 g/mol. The van der Waals surface area contributed by atoms with E-state index in [4.69, 9.17) is 15.2 Å². The first kappa shape index (κ1) is 14.0. The van der Waals surface area contributed by atoms with Gasteiger partial charge in [0.2, 0.25) is 5.88 Å². The second kappa shape index (κ2) is 6.63. The zero-order valence-corrected chi connectivity index (χ0v) is 10.8. The van der Waals surface area contributed by atoms with Crippen molar-refractivity contribution in [2.24, 2.45) is 0 Å². The number of carbonyl (C=O) groups is 1. The van der Waals surface area contributed by atoms with Gasteiger partial charge >= 0.3 is 5.97 Å². The molecule has 7 heteroatoms. The third-order valence-electron chi connectivity index (χ3n) is 1.90. The first-order valence-electron chi connectivity index (χ1n) is 5.71. The fraction of sp³-hybridized carbons (Fsp3) is 0.545. The van der Waals surface area contributed by atoms with Crippen LogP contribution in [0, 0.1) is 0 Å². The topological polar surface area (TPSA) is 99.4 Å². The van der Waals surface area contributed by atoms with Gasteiger partial charge in [-0.3, -0.25) is 4.79 Å². The number of ether oxygens (including phenoxy) is 2. The summed E-state index contributed by atoms with van der Waals surface area (Å²) >= 11 is 0. The van der Waals surface area contributed by atoms with Crippen molar-refractivity contribution in [1.29, 1.82) is 0 Å². The normalized spacial score (nSPS) is 10.2. The lowest BCUT2D eigenvalue weighted by Gasteiger charge is -2.13. The highest BCUT2D eigenvalue weighted by Crippen LogP contribution is 2.25. The largest absolute Gasteiger partial charge is 0.473 e. The smallest absolute Gasteiger partial charge is 0.325 e. The Morgan fingerprint density at radius 3 is 2.83 bits per heavy atom. The number of nitrogens with zero attached hydrogens (tertiary/aromatic N) is 2. The Morgan fingerprint density at radius 2 is 2.22 bits per heavy atom. The van der Waals surface area contributed by atoms with Gasteiger partial charge in [-0.25, -0.2) is 4.98 Å². The number of nitrogens with two attached hydrogens (primary N) is 1. The van der Waals surface area contributed by atoms with Gasteiger partial charge in [-0.2, -0.15) is 4.98 Å². The van der Waals surface area contributed by atoms with Crippen LogP contribution in [0.2, 0.25) is 0 Å². The minimum absolute atomic E-state index is 0.00380. The lowest BCUT2D eigenvalue weighted by molar-refractivity contribution is -0.140. The molecule has 0 radical (unpaired) electrons. The molecule has 0 aliphatic heterocycles. The lowest BCUT2D eigenvalue weighted by Crippen LogP contribution is -2.19. The molecule has 0 saturated heterocycles. The van der Waals surface area contributed by atoms with Crippen LogP contribution in [0.1, 0.15) is 20.8 Å². The molecule has 0 amide bonds. The summed E-state index contributed by atoms with van der Waals surface area (Å²) in [4.78, 5) is 19.1. The van der Waals surface area contributed by atoms with Crippen molar-refractivity contribution in [1.82, 2.24) is 9.97 Å². The minimum atomic E-state index is -0.373. The van der Waals surface area contributed by atoms with E-state index in [-0.39, 0.29) is 24.3 Å². The predicted molar refractivity (Wildman–Crippen MR) is 67.3 cm³/mol. The van der Waals surface area contributed by atoms with Crippen molar-refractivity contribution in [2.75, 3.05) is 24.2 Å². The Morgan fingerprint density at radius 1 is 1.50 bits per heavy atom. The van der Waals surface area contributed by atoms with Gasteiger partial charge in [0.15, 0.2) is 5.82 Å². The summed E-state index contributed by atoms with van der Waals surface area (Å²) in [6.45, 7) is 5.81. The molecule has 100 valence electrons. The van der Waals surface area contributed by atoms with Crippen LogP contribution in [0.3, 0.4) is 0 Å². The van der Waals surface area contributed by atoms with Gasteiger partial charge in [0.1, 0.15) is 18.6 Å². The molecule has 7 nitrogen and oxygen atoms in total. The molecule has 1 aromatic rings. The second-order valence-electron chi connectivity index (χ2n) is 3.77. The number of nitrogens with one attached hydrogen (secondary N) is 1. The fourth-order valence-electron chi connectivity index (χ4n) is 1.21. The van der Waals surface area contributed by atoms with E-state index in [1.807, 2.05) is 13.8 Å². The number of hydrogen-bond donors (Lipinski definition) is 2. The zero-order chi connectivity index (χ0) is 13.5. The van der Waals surface area contributed by atoms with Gasteiger partial charge in [-0.1, -0.05) is 0 Å². The highest BCUT2D eigenvalue weighted by Gasteiger charge is 2.11. The summed E-state index contributed by atoms with van der Waals surface area (Å²) in [6, 6.07) is 0. The SMILES string of the molecule is CCOC(=O)CNc1ncnc(OC(C)C)c1N. The zero-order valence-electron chi connectivity index (χ0n) is 10.8. The van der Waals surface area contributed by atoms with E-state index in [0.29, 0.717) is 18.3 Å². The number of nitrogen functional groups attached to an aromatic ring is 1. The third kappa shape index (κ3) is 4.08. The Labute approximate surface area is 106 Å². The maximum Gasteiger partial charge on any atom is 0.325 e. The predicted octanol–water partition coefficient (Wildman–Crippen LogP) is 0.821. The van der Waals surface area contributed by atoms with Gasteiger partial charge in [-0.15, -0.1) is 0 Å². The average Bonchev–Trinajstić information content (AvgIpc) is 2.30. The molecule has 1 heterocycles. The van der Waals surface area contributed by atoms with E-state index in [9.17, 15) is 4.79 Å². The molecule has 0 aliphatic carbocycles. The molecule has 3 N–H and O–H groups in total. The van der Waals surface area contributed by atoms with E-state index in [0.717, 1.165) is 0 Å². The molecule has 1 aromatic heterocycles. The van der Waals surface area contributed by atoms with Gasteiger partial charge in [0.05, 0.1) is 12.7 Å². The van der Waals surface area contributed by atoms with Crippen LogP contribution in [0.5, 0.6) is 5.88 Å². The van der Waals surface area contributed by atoms with Crippen LogP contribution in [-0.4, -0.2) is 35.2 Å². The monoisotopic (exact) mass is 254 g/mol. The summed E-state index contributed by atoms with van der Waals surface area (Å²) in [7, 11) is 0. The van der Waals surface area contributed by atoms with Gasteiger partial charge < -0.3 is 20.5 Å². The molecule has 0 bridgehead atoms. The van der Waals surface area contributed by atoms with E-state index in [1.54, 1.807) is 6.92 Å². The Balaban J connectivity index is 2.68. The first-order chi connectivity index (χ1) is 8.54. The molecule has 0 saturated carbocycles. The molecular formula is C11H18N4O3. The van der Waals surface area contributed by atoms with Gasteiger partial charge in [0, 0.05) is 0 Å². The van der Waals surface area contributed by atoms with Crippen LogP contribution in [0.4, 0.5) is 11.5 Å². The average molecular weight is 254 g/mol. The van der Waals surface area contributed by atoms with Crippen LogP contribution in [0.25, 0.3) is 0 Å². The highest BCUT2D eigenvalue weighted by molar-refractivity contribution is 5.77. The number of rotatable bonds is 6. The van der Waals surface area contributed by atoms with Crippen molar-refractivity contribution >= 4 is 17.5 Å². The highest BCUT2D eigenvalue weighted by atomic mass is 16.5. The van der Waals surface area contributed by atoms with Gasteiger partial charge in [-0.05, 0) is 20.8 Å². The Hall–Kier alpha value is -2.05. The Kier molecular flexibility index (Phi) is 5.16.